The Morgan fingerprint density at radius 1 is 1.15 bits per heavy atom. The zero-order valence-electron chi connectivity index (χ0n) is 12.1. The molecule has 0 unspecified atom stereocenters. The molecule has 0 fully saturated rings. The molecule has 0 aliphatic carbocycles. The predicted octanol–water partition coefficient (Wildman–Crippen LogP) is 1.45. The summed E-state index contributed by atoms with van der Waals surface area (Å²) in [4.78, 5) is 13.3. The van der Waals surface area contributed by atoms with Crippen molar-refractivity contribution in [3.63, 3.8) is 0 Å². The average molecular weight is 305 g/mol. The van der Waals surface area contributed by atoms with Crippen LogP contribution in [0.4, 0.5) is 5.69 Å². The summed E-state index contributed by atoms with van der Waals surface area (Å²) in [5.74, 6) is 1.43. The summed E-state index contributed by atoms with van der Waals surface area (Å²) in [5.41, 5.74) is 6.05. The van der Waals surface area contributed by atoms with Gasteiger partial charge in [0, 0.05) is 32.1 Å². The van der Waals surface area contributed by atoms with E-state index in [1.165, 1.54) is 26.2 Å². The van der Waals surface area contributed by atoms with Gasteiger partial charge < -0.3 is 24.8 Å². The summed E-state index contributed by atoms with van der Waals surface area (Å²) in [6.07, 6.45) is 0.285. The van der Waals surface area contributed by atoms with Crippen LogP contribution < -0.4 is 24.8 Å². The first kappa shape index (κ1) is 18.3. The monoisotopic (exact) mass is 304 g/mol. The molecule has 1 aromatic carbocycles. The zero-order valence-corrected chi connectivity index (χ0v) is 13.0. The third-order valence-corrected chi connectivity index (χ3v) is 2.77. The van der Waals surface area contributed by atoms with Gasteiger partial charge in [-0.3, -0.25) is 4.79 Å². The molecule has 0 aliphatic rings. The van der Waals surface area contributed by atoms with Gasteiger partial charge in [0.15, 0.2) is 11.5 Å². The van der Waals surface area contributed by atoms with Crippen molar-refractivity contribution in [3.05, 3.63) is 12.1 Å². The molecule has 6 nitrogen and oxygen atoms in total. The highest BCUT2D eigenvalue weighted by Crippen LogP contribution is 2.40. The summed E-state index contributed by atoms with van der Waals surface area (Å²) in [6.45, 7) is 0.313. The van der Waals surface area contributed by atoms with Crippen molar-refractivity contribution in [3.8, 4) is 17.2 Å². The highest BCUT2D eigenvalue weighted by Gasteiger charge is 2.17. The van der Waals surface area contributed by atoms with Gasteiger partial charge in [-0.25, -0.2) is 0 Å². The lowest BCUT2D eigenvalue weighted by molar-refractivity contribution is -0.118. The molecule has 0 radical (unpaired) electrons. The van der Waals surface area contributed by atoms with Gasteiger partial charge in [-0.2, -0.15) is 0 Å². The van der Waals surface area contributed by atoms with Crippen LogP contribution in [0.2, 0.25) is 0 Å². The Labute approximate surface area is 125 Å². The number of anilines is 1. The van der Waals surface area contributed by atoms with Crippen molar-refractivity contribution in [1.29, 1.82) is 0 Å². The van der Waals surface area contributed by atoms with Crippen LogP contribution in [-0.4, -0.2) is 40.8 Å². The van der Waals surface area contributed by atoms with Gasteiger partial charge in [-0.1, -0.05) is 0 Å². The second kappa shape index (κ2) is 8.50. The van der Waals surface area contributed by atoms with Crippen molar-refractivity contribution in [1.82, 2.24) is 0 Å². The van der Waals surface area contributed by atoms with Crippen LogP contribution >= 0.6 is 12.4 Å². The second-order valence-corrected chi connectivity index (χ2v) is 3.87. The molecule has 114 valence electrons. The number of nitrogens with two attached hydrogens (primary N) is 1. The van der Waals surface area contributed by atoms with Gasteiger partial charge in [0.05, 0.1) is 27.0 Å². The minimum Gasteiger partial charge on any atom is -0.493 e. The average Bonchev–Trinajstić information content (AvgIpc) is 2.44. The summed E-state index contributed by atoms with van der Waals surface area (Å²) in [5, 5.41) is 0. The van der Waals surface area contributed by atoms with Gasteiger partial charge in [-0.05, 0) is 0 Å². The van der Waals surface area contributed by atoms with E-state index in [-0.39, 0.29) is 24.7 Å². The van der Waals surface area contributed by atoms with E-state index >= 15 is 0 Å². The van der Waals surface area contributed by atoms with Crippen molar-refractivity contribution in [2.75, 3.05) is 39.8 Å². The normalized spacial score (nSPS) is 9.45. The van der Waals surface area contributed by atoms with E-state index in [4.69, 9.17) is 19.9 Å². The number of halogens is 1. The summed E-state index contributed by atoms with van der Waals surface area (Å²) in [6, 6.07) is 3.44. The van der Waals surface area contributed by atoms with E-state index < -0.39 is 0 Å². The minimum absolute atomic E-state index is 0. The number of carbonyl (C=O) groups excluding carboxylic acids is 1. The number of methoxy groups -OCH3 is 3. The quantitative estimate of drug-likeness (QED) is 0.861. The second-order valence-electron chi connectivity index (χ2n) is 3.87. The first-order valence-corrected chi connectivity index (χ1v) is 5.85. The molecule has 0 aromatic heterocycles. The molecule has 0 heterocycles. The molecule has 0 spiro atoms. The molecule has 0 saturated heterocycles. The molecular weight excluding hydrogens is 284 g/mol. The number of benzene rings is 1. The van der Waals surface area contributed by atoms with Gasteiger partial charge in [-0.15, -0.1) is 12.4 Å². The molecular formula is C13H21ClN2O4. The van der Waals surface area contributed by atoms with Crippen LogP contribution in [0.5, 0.6) is 17.2 Å². The van der Waals surface area contributed by atoms with Crippen molar-refractivity contribution in [2.24, 2.45) is 5.73 Å². The third-order valence-electron chi connectivity index (χ3n) is 2.77. The molecule has 1 aromatic rings. The Balaban J connectivity index is 0.00000361. The molecule has 0 saturated carbocycles. The van der Waals surface area contributed by atoms with Crippen molar-refractivity contribution in [2.45, 2.75) is 6.42 Å². The maximum Gasteiger partial charge on any atom is 0.227 e. The lowest BCUT2D eigenvalue weighted by Gasteiger charge is -2.20. The number of amides is 1. The van der Waals surface area contributed by atoms with E-state index in [9.17, 15) is 4.79 Å². The van der Waals surface area contributed by atoms with Gasteiger partial charge in [0.1, 0.15) is 0 Å². The first-order chi connectivity index (χ1) is 9.08. The number of hydrogen-bond donors (Lipinski definition) is 1. The molecule has 1 amide bonds. The smallest absolute Gasteiger partial charge is 0.227 e. The van der Waals surface area contributed by atoms with Crippen LogP contribution in [0.3, 0.4) is 0 Å². The SMILES string of the molecule is COc1cc(N(C)C(=O)CCN)cc(OC)c1OC.Cl. The molecule has 0 atom stereocenters. The van der Waals surface area contributed by atoms with Gasteiger partial charge in [0.2, 0.25) is 11.7 Å². The Morgan fingerprint density at radius 3 is 2.00 bits per heavy atom. The van der Waals surface area contributed by atoms with Gasteiger partial charge >= 0.3 is 0 Å². The van der Waals surface area contributed by atoms with Crippen LogP contribution in [0.25, 0.3) is 0 Å². The van der Waals surface area contributed by atoms with Gasteiger partial charge in [0.25, 0.3) is 0 Å². The highest BCUT2D eigenvalue weighted by molar-refractivity contribution is 5.93. The van der Waals surface area contributed by atoms with Crippen LogP contribution in [0, 0.1) is 0 Å². The van der Waals surface area contributed by atoms with E-state index in [0.29, 0.717) is 29.5 Å². The number of carbonyl (C=O) groups is 1. The largest absolute Gasteiger partial charge is 0.493 e. The summed E-state index contributed by atoms with van der Waals surface area (Å²) >= 11 is 0. The molecule has 1 rings (SSSR count). The van der Waals surface area contributed by atoms with E-state index in [2.05, 4.69) is 0 Å². The zero-order chi connectivity index (χ0) is 14.4. The lowest BCUT2D eigenvalue weighted by atomic mass is 10.2. The van der Waals surface area contributed by atoms with Crippen LogP contribution in [0.15, 0.2) is 12.1 Å². The first-order valence-electron chi connectivity index (χ1n) is 5.85. The number of nitrogens with zero attached hydrogens (tertiary/aromatic N) is 1. The molecule has 2 N–H and O–H groups in total. The fraction of sp³-hybridized carbons (Fsp3) is 0.462. The van der Waals surface area contributed by atoms with E-state index in [0.717, 1.165) is 0 Å². The topological polar surface area (TPSA) is 74.0 Å². The number of ether oxygens (including phenoxy) is 3. The Hall–Kier alpha value is -1.66. The minimum atomic E-state index is -0.0724. The number of rotatable bonds is 6. The maximum absolute atomic E-state index is 11.8. The van der Waals surface area contributed by atoms with E-state index in [1.54, 1.807) is 19.2 Å². The highest BCUT2D eigenvalue weighted by atomic mass is 35.5. The molecule has 20 heavy (non-hydrogen) atoms. The van der Waals surface area contributed by atoms with Crippen molar-refractivity contribution < 1.29 is 19.0 Å². The number of hydrogen-bond acceptors (Lipinski definition) is 5. The maximum atomic E-state index is 11.8. The Morgan fingerprint density at radius 2 is 1.65 bits per heavy atom. The van der Waals surface area contributed by atoms with Crippen molar-refractivity contribution >= 4 is 24.0 Å². The summed E-state index contributed by atoms with van der Waals surface area (Å²) < 4.78 is 15.7. The fourth-order valence-electron chi connectivity index (χ4n) is 1.70. The molecule has 0 aliphatic heterocycles. The molecule has 7 heteroatoms. The third kappa shape index (κ3) is 3.91. The lowest BCUT2D eigenvalue weighted by Crippen LogP contribution is -2.28. The fourth-order valence-corrected chi connectivity index (χ4v) is 1.70. The Bertz CT molecular complexity index is 429. The van der Waals surface area contributed by atoms with Crippen LogP contribution in [0.1, 0.15) is 6.42 Å². The summed E-state index contributed by atoms with van der Waals surface area (Å²) in [7, 11) is 6.27. The predicted molar refractivity (Wildman–Crippen MR) is 80.4 cm³/mol. The standard InChI is InChI=1S/C13H20N2O4.ClH/c1-15(12(16)5-6-14)9-7-10(17-2)13(19-4)11(8-9)18-3;/h7-8H,5-6,14H2,1-4H3;1H. The van der Waals surface area contributed by atoms with E-state index in [1.807, 2.05) is 0 Å². The van der Waals surface area contributed by atoms with Crippen LogP contribution in [-0.2, 0) is 4.79 Å². The Kier molecular flexibility index (Phi) is 7.79. The molecule has 0 bridgehead atoms.